The Morgan fingerprint density at radius 2 is 1.89 bits per heavy atom. The van der Waals surface area contributed by atoms with E-state index in [1.807, 2.05) is 35.0 Å². The van der Waals surface area contributed by atoms with Crippen LogP contribution in [0.5, 0.6) is 5.75 Å². The van der Waals surface area contributed by atoms with Gasteiger partial charge in [0.15, 0.2) is 5.82 Å². The number of aromatic nitrogens is 3. The quantitative estimate of drug-likeness (QED) is 0.448. The molecule has 3 heterocycles. The molecule has 4 aromatic rings. The molecule has 7 heteroatoms. The molecule has 2 aromatic heterocycles. The number of anilines is 1. The molecule has 1 aliphatic heterocycles. The summed E-state index contributed by atoms with van der Waals surface area (Å²) in [6, 6.07) is 16.3. The fourth-order valence-electron chi connectivity index (χ4n) is 4.72. The third kappa shape index (κ3) is 4.71. The van der Waals surface area contributed by atoms with Crippen LogP contribution in [0.3, 0.4) is 0 Å². The minimum atomic E-state index is -0.00306. The molecule has 0 spiro atoms. The second-order valence-electron chi connectivity index (χ2n) is 9.20. The number of para-hydroxylation sites is 1. The molecule has 2 aromatic carbocycles. The summed E-state index contributed by atoms with van der Waals surface area (Å²) in [4.78, 5) is 19.8. The molecule has 0 aliphatic carbocycles. The molecule has 5 rings (SSSR count). The lowest BCUT2D eigenvalue weighted by Crippen LogP contribution is -2.40. The average molecular weight is 470 g/mol. The van der Waals surface area contributed by atoms with Gasteiger partial charge in [-0.2, -0.15) is 5.10 Å². The Morgan fingerprint density at radius 1 is 1.09 bits per heavy atom. The van der Waals surface area contributed by atoms with Crippen LogP contribution in [-0.2, 0) is 11.3 Å². The number of benzene rings is 2. The van der Waals surface area contributed by atoms with Crippen LogP contribution in [0.2, 0.25) is 0 Å². The summed E-state index contributed by atoms with van der Waals surface area (Å²) < 4.78 is 7.29. The molecule has 1 aliphatic rings. The van der Waals surface area contributed by atoms with E-state index in [9.17, 15) is 4.79 Å². The summed E-state index contributed by atoms with van der Waals surface area (Å²) in [7, 11) is 1.65. The average Bonchev–Trinajstić information content (AvgIpc) is 3.34. The minimum Gasteiger partial charge on any atom is -0.496 e. The summed E-state index contributed by atoms with van der Waals surface area (Å²) in [5, 5.41) is 7.89. The molecule has 1 fully saturated rings. The summed E-state index contributed by atoms with van der Waals surface area (Å²) >= 11 is 0. The number of fused-ring (bicyclic) bond motifs is 1. The summed E-state index contributed by atoms with van der Waals surface area (Å²) in [5.74, 6) is 1.81. The number of aryl methyl sites for hydroxylation is 2. The van der Waals surface area contributed by atoms with Crippen molar-refractivity contribution in [2.24, 2.45) is 5.92 Å². The van der Waals surface area contributed by atoms with Gasteiger partial charge in [0.25, 0.3) is 0 Å². The first kappa shape index (κ1) is 22.9. The van der Waals surface area contributed by atoms with E-state index >= 15 is 0 Å². The molecule has 0 atom stereocenters. The SMILES string of the molecule is COc1ccccc1CNC(=O)C1CCN(c2nccn3nc(-c4ccc(C)c(C)c4)cc23)CC1. The molecule has 0 radical (unpaired) electrons. The summed E-state index contributed by atoms with van der Waals surface area (Å²) in [6.45, 7) is 6.28. The lowest BCUT2D eigenvalue weighted by molar-refractivity contribution is -0.125. The number of nitrogens with zero attached hydrogens (tertiary/aromatic N) is 4. The van der Waals surface area contributed by atoms with Gasteiger partial charge in [-0.1, -0.05) is 30.3 Å². The predicted octanol–water partition coefficient (Wildman–Crippen LogP) is 4.55. The molecule has 0 saturated carbocycles. The smallest absolute Gasteiger partial charge is 0.223 e. The zero-order valence-corrected chi connectivity index (χ0v) is 20.5. The molecular formula is C28H31N5O2. The first-order valence-corrected chi connectivity index (χ1v) is 12.1. The molecule has 1 saturated heterocycles. The van der Waals surface area contributed by atoms with Crippen molar-refractivity contribution in [2.45, 2.75) is 33.2 Å². The van der Waals surface area contributed by atoms with Gasteiger partial charge in [0.1, 0.15) is 11.3 Å². The van der Waals surface area contributed by atoms with E-state index in [1.165, 1.54) is 11.1 Å². The first-order chi connectivity index (χ1) is 17.0. The third-order valence-corrected chi connectivity index (χ3v) is 6.98. The number of ether oxygens (including phenoxy) is 1. The van der Waals surface area contributed by atoms with Crippen molar-refractivity contribution in [3.8, 4) is 17.0 Å². The van der Waals surface area contributed by atoms with Gasteiger partial charge in [-0.25, -0.2) is 9.50 Å². The van der Waals surface area contributed by atoms with Crippen LogP contribution in [-0.4, -0.2) is 40.7 Å². The number of carbonyl (C=O) groups is 1. The molecular weight excluding hydrogens is 438 g/mol. The lowest BCUT2D eigenvalue weighted by atomic mass is 9.95. The minimum absolute atomic E-state index is 0.00306. The van der Waals surface area contributed by atoms with Crippen molar-refractivity contribution in [3.63, 3.8) is 0 Å². The largest absolute Gasteiger partial charge is 0.496 e. The number of piperidine rings is 1. The van der Waals surface area contributed by atoms with Crippen LogP contribution < -0.4 is 15.0 Å². The van der Waals surface area contributed by atoms with Crippen LogP contribution in [0, 0.1) is 19.8 Å². The van der Waals surface area contributed by atoms with Crippen molar-refractivity contribution in [3.05, 3.63) is 77.6 Å². The Balaban J connectivity index is 1.26. The molecule has 0 unspecified atom stereocenters. The highest BCUT2D eigenvalue weighted by molar-refractivity contribution is 5.80. The zero-order chi connectivity index (χ0) is 24.4. The number of rotatable bonds is 6. The van der Waals surface area contributed by atoms with Gasteiger partial charge in [0, 0.05) is 49.1 Å². The monoisotopic (exact) mass is 469 g/mol. The fourth-order valence-corrected chi connectivity index (χ4v) is 4.72. The molecule has 35 heavy (non-hydrogen) atoms. The molecule has 1 N–H and O–H groups in total. The van der Waals surface area contributed by atoms with Crippen molar-refractivity contribution < 1.29 is 9.53 Å². The maximum Gasteiger partial charge on any atom is 0.223 e. The first-order valence-electron chi connectivity index (χ1n) is 12.1. The lowest BCUT2D eigenvalue weighted by Gasteiger charge is -2.32. The van der Waals surface area contributed by atoms with Gasteiger partial charge < -0.3 is 15.0 Å². The van der Waals surface area contributed by atoms with Crippen molar-refractivity contribution in [1.29, 1.82) is 0 Å². The van der Waals surface area contributed by atoms with E-state index in [0.717, 1.165) is 59.8 Å². The number of methoxy groups -OCH3 is 1. The standard InChI is InChI=1S/C28H31N5O2/c1-19-8-9-22(16-20(19)2)24-17-25-27(29-12-15-33(25)31-24)32-13-10-21(11-14-32)28(34)30-18-23-6-4-5-7-26(23)35-3/h4-9,12,15-17,21H,10-11,13-14,18H2,1-3H3,(H,30,34). The predicted molar refractivity (Wildman–Crippen MR) is 138 cm³/mol. The van der Waals surface area contributed by atoms with Gasteiger partial charge in [0.2, 0.25) is 5.91 Å². The van der Waals surface area contributed by atoms with E-state index in [2.05, 4.69) is 53.3 Å². The number of hydrogen-bond donors (Lipinski definition) is 1. The van der Waals surface area contributed by atoms with Gasteiger partial charge in [-0.3, -0.25) is 4.79 Å². The van der Waals surface area contributed by atoms with Crippen LogP contribution >= 0.6 is 0 Å². The van der Waals surface area contributed by atoms with Crippen molar-refractivity contribution in [2.75, 3.05) is 25.1 Å². The fraction of sp³-hybridized carbons (Fsp3) is 0.321. The second kappa shape index (κ2) is 9.78. The normalized spacial score (nSPS) is 14.3. The van der Waals surface area contributed by atoms with E-state index in [4.69, 9.17) is 9.84 Å². The van der Waals surface area contributed by atoms with E-state index < -0.39 is 0 Å². The summed E-state index contributed by atoms with van der Waals surface area (Å²) in [6.07, 6.45) is 5.27. The van der Waals surface area contributed by atoms with Gasteiger partial charge in [-0.05, 0) is 56.0 Å². The van der Waals surface area contributed by atoms with Crippen LogP contribution in [0.4, 0.5) is 5.82 Å². The van der Waals surface area contributed by atoms with Gasteiger partial charge in [0.05, 0.1) is 12.8 Å². The molecule has 0 bridgehead atoms. The number of carbonyl (C=O) groups excluding carboxylic acids is 1. The maximum absolute atomic E-state index is 12.8. The molecule has 7 nitrogen and oxygen atoms in total. The Labute approximate surface area is 205 Å². The maximum atomic E-state index is 12.8. The Kier molecular flexibility index (Phi) is 6.40. The van der Waals surface area contributed by atoms with Gasteiger partial charge in [-0.15, -0.1) is 0 Å². The Bertz CT molecular complexity index is 1350. The zero-order valence-electron chi connectivity index (χ0n) is 20.5. The Hall–Kier alpha value is -3.87. The molecule has 180 valence electrons. The Morgan fingerprint density at radius 3 is 2.66 bits per heavy atom. The van der Waals surface area contributed by atoms with Crippen LogP contribution in [0.1, 0.15) is 29.5 Å². The number of amides is 1. The van der Waals surface area contributed by atoms with Gasteiger partial charge >= 0.3 is 0 Å². The van der Waals surface area contributed by atoms with Crippen molar-refractivity contribution in [1.82, 2.24) is 19.9 Å². The summed E-state index contributed by atoms with van der Waals surface area (Å²) in [5.41, 5.74) is 6.54. The second-order valence-corrected chi connectivity index (χ2v) is 9.20. The highest BCUT2D eigenvalue weighted by atomic mass is 16.5. The number of nitrogens with one attached hydrogen (secondary N) is 1. The van der Waals surface area contributed by atoms with E-state index in [0.29, 0.717) is 6.54 Å². The van der Waals surface area contributed by atoms with Crippen LogP contribution in [0.15, 0.2) is 60.9 Å². The van der Waals surface area contributed by atoms with E-state index in [-0.39, 0.29) is 11.8 Å². The highest BCUT2D eigenvalue weighted by Gasteiger charge is 2.27. The van der Waals surface area contributed by atoms with Crippen molar-refractivity contribution >= 4 is 17.2 Å². The third-order valence-electron chi connectivity index (χ3n) is 6.98. The topological polar surface area (TPSA) is 71.8 Å². The number of hydrogen-bond acceptors (Lipinski definition) is 5. The highest BCUT2D eigenvalue weighted by Crippen LogP contribution is 2.29. The molecule has 1 amide bonds. The van der Waals surface area contributed by atoms with Crippen LogP contribution in [0.25, 0.3) is 16.8 Å². The van der Waals surface area contributed by atoms with E-state index in [1.54, 1.807) is 13.3 Å².